The van der Waals surface area contributed by atoms with Crippen molar-refractivity contribution in [1.29, 1.82) is 0 Å². The van der Waals surface area contributed by atoms with Crippen LogP contribution in [0.2, 0.25) is 0 Å². The van der Waals surface area contributed by atoms with Gasteiger partial charge in [0, 0.05) is 24.8 Å². The number of anilines is 1. The van der Waals surface area contributed by atoms with Crippen molar-refractivity contribution in [2.24, 2.45) is 0 Å². The maximum atomic E-state index is 6.46. The van der Waals surface area contributed by atoms with E-state index in [2.05, 4.69) is 14.9 Å². The fraction of sp³-hybridized carbons (Fsp3) is 0.733. The van der Waals surface area contributed by atoms with E-state index in [1.54, 1.807) is 0 Å². The van der Waals surface area contributed by atoms with E-state index in [1.807, 2.05) is 33.9 Å². The first-order valence-corrected chi connectivity index (χ1v) is 7.80. The van der Waals surface area contributed by atoms with E-state index in [0.29, 0.717) is 17.9 Å². The molecule has 1 heterocycles. The van der Waals surface area contributed by atoms with Crippen molar-refractivity contribution in [3.05, 3.63) is 11.8 Å². The highest BCUT2D eigenvalue weighted by atomic mass is 35.5. The van der Waals surface area contributed by atoms with Gasteiger partial charge in [0.1, 0.15) is 0 Å². The fourth-order valence-electron chi connectivity index (χ4n) is 2.63. The number of rotatable bonds is 4. The first-order valence-electron chi connectivity index (χ1n) is 7.36. The molecular weight excluding hydrogens is 274 g/mol. The molecule has 0 saturated heterocycles. The summed E-state index contributed by atoms with van der Waals surface area (Å²) >= 11 is 6.46. The van der Waals surface area contributed by atoms with Gasteiger partial charge >= 0.3 is 0 Å². The molecule has 0 aromatic carbocycles. The number of halogens is 1. The Bertz CT molecular complexity index is 453. The smallest absolute Gasteiger partial charge is 0.228 e. The number of nitrogens with zero attached hydrogens (tertiary/aromatic N) is 3. The number of hydrogen-bond donors (Lipinski definition) is 0. The molecule has 1 saturated carbocycles. The van der Waals surface area contributed by atoms with E-state index in [9.17, 15) is 0 Å². The van der Waals surface area contributed by atoms with Crippen LogP contribution < -0.4 is 9.64 Å². The summed E-state index contributed by atoms with van der Waals surface area (Å²) in [7, 11) is 2.03. The van der Waals surface area contributed by atoms with Gasteiger partial charge in [0.15, 0.2) is 0 Å². The number of aryl methyl sites for hydroxylation is 1. The Morgan fingerprint density at radius 1 is 1.30 bits per heavy atom. The lowest BCUT2D eigenvalue weighted by atomic mass is 9.94. The highest BCUT2D eigenvalue weighted by molar-refractivity contribution is 6.21. The van der Waals surface area contributed by atoms with Crippen molar-refractivity contribution in [2.75, 3.05) is 11.9 Å². The second-order valence-corrected chi connectivity index (χ2v) is 6.35. The monoisotopic (exact) mass is 297 g/mol. The van der Waals surface area contributed by atoms with E-state index in [1.165, 1.54) is 12.8 Å². The maximum absolute atomic E-state index is 6.46. The molecular formula is C15H24ClN3O. The third-order valence-corrected chi connectivity index (χ3v) is 4.14. The lowest BCUT2D eigenvalue weighted by Crippen LogP contribution is -2.41. The maximum Gasteiger partial charge on any atom is 0.228 e. The molecule has 1 aliphatic rings. The van der Waals surface area contributed by atoms with Crippen molar-refractivity contribution in [3.8, 4) is 5.88 Å². The van der Waals surface area contributed by atoms with Crippen LogP contribution in [-0.4, -0.2) is 34.5 Å². The highest BCUT2D eigenvalue weighted by Crippen LogP contribution is 2.29. The average Bonchev–Trinajstić information content (AvgIpc) is 2.37. The molecule has 2 atom stereocenters. The minimum atomic E-state index is 0.109. The molecule has 1 aromatic rings. The fourth-order valence-corrected chi connectivity index (χ4v) is 3.08. The summed E-state index contributed by atoms with van der Waals surface area (Å²) in [6, 6.07) is 2.18. The minimum Gasteiger partial charge on any atom is -0.475 e. The zero-order valence-corrected chi connectivity index (χ0v) is 13.5. The molecule has 1 aliphatic carbocycles. The highest BCUT2D eigenvalue weighted by Gasteiger charge is 2.28. The predicted molar refractivity (Wildman–Crippen MR) is 82.8 cm³/mol. The van der Waals surface area contributed by atoms with Gasteiger partial charge in [-0.05, 0) is 33.6 Å². The summed E-state index contributed by atoms with van der Waals surface area (Å²) in [5.41, 5.74) is 0.916. The molecule has 0 bridgehead atoms. The van der Waals surface area contributed by atoms with Gasteiger partial charge in [-0.1, -0.05) is 12.8 Å². The Morgan fingerprint density at radius 3 is 2.65 bits per heavy atom. The van der Waals surface area contributed by atoms with Crippen LogP contribution >= 0.6 is 11.6 Å². The number of ether oxygens (including phenoxy) is 1. The zero-order chi connectivity index (χ0) is 14.7. The number of aromatic nitrogens is 2. The summed E-state index contributed by atoms with van der Waals surface area (Å²) in [5, 5.41) is 0.173. The molecule has 2 unspecified atom stereocenters. The van der Waals surface area contributed by atoms with Gasteiger partial charge in [-0.2, -0.15) is 4.98 Å². The SMILES string of the molecule is Cc1cc(OC(C)C)nc(N(C)C2CCCCC2Cl)n1. The third kappa shape index (κ3) is 3.75. The van der Waals surface area contributed by atoms with Crippen molar-refractivity contribution in [2.45, 2.75) is 64.0 Å². The molecule has 20 heavy (non-hydrogen) atoms. The van der Waals surface area contributed by atoms with E-state index >= 15 is 0 Å². The van der Waals surface area contributed by atoms with Crippen LogP contribution in [-0.2, 0) is 0 Å². The van der Waals surface area contributed by atoms with E-state index in [0.717, 1.165) is 18.5 Å². The van der Waals surface area contributed by atoms with Gasteiger partial charge in [-0.25, -0.2) is 4.98 Å². The first kappa shape index (κ1) is 15.4. The summed E-state index contributed by atoms with van der Waals surface area (Å²) < 4.78 is 5.69. The van der Waals surface area contributed by atoms with Crippen LogP contribution in [0.25, 0.3) is 0 Å². The normalized spacial score (nSPS) is 22.9. The topological polar surface area (TPSA) is 38.2 Å². The largest absolute Gasteiger partial charge is 0.475 e. The molecule has 112 valence electrons. The molecule has 1 aromatic heterocycles. The second kappa shape index (κ2) is 6.61. The molecule has 5 heteroatoms. The molecule has 2 rings (SSSR count). The van der Waals surface area contributed by atoms with Gasteiger partial charge in [0.05, 0.1) is 11.5 Å². The Hall–Kier alpha value is -1.03. The van der Waals surface area contributed by atoms with E-state index < -0.39 is 0 Å². The van der Waals surface area contributed by atoms with Gasteiger partial charge < -0.3 is 9.64 Å². The zero-order valence-electron chi connectivity index (χ0n) is 12.8. The first-order chi connectivity index (χ1) is 9.47. The van der Waals surface area contributed by atoms with Gasteiger partial charge in [0.25, 0.3) is 0 Å². The minimum absolute atomic E-state index is 0.109. The lowest BCUT2D eigenvalue weighted by Gasteiger charge is -2.35. The summed E-state index contributed by atoms with van der Waals surface area (Å²) in [5.74, 6) is 1.34. The van der Waals surface area contributed by atoms with E-state index in [4.69, 9.17) is 16.3 Å². The second-order valence-electron chi connectivity index (χ2n) is 5.79. The number of hydrogen-bond acceptors (Lipinski definition) is 4. The van der Waals surface area contributed by atoms with Crippen molar-refractivity contribution >= 4 is 17.5 Å². The van der Waals surface area contributed by atoms with Crippen LogP contribution in [0.15, 0.2) is 6.07 Å². The molecule has 0 amide bonds. The van der Waals surface area contributed by atoms with Crippen molar-refractivity contribution in [1.82, 2.24) is 9.97 Å². The summed E-state index contributed by atoms with van der Waals surface area (Å²) in [4.78, 5) is 11.2. The lowest BCUT2D eigenvalue weighted by molar-refractivity contribution is 0.232. The molecule has 4 nitrogen and oxygen atoms in total. The summed E-state index contributed by atoms with van der Waals surface area (Å²) in [6.45, 7) is 5.96. The third-order valence-electron chi connectivity index (χ3n) is 3.64. The quantitative estimate of drug-likeness (QED) is 0.797. The van der Waals surface area contributed by atoms with Crippen LogP contribution in [0.4, 0.5) is 5.95 Å². The summed E-state index contributed by atoms with van der Waals surface area (Å²) in [6.07, 6.45) is 4.71. The van der Waals surface area contributed by atoms with Gasteiger partial charge in [-0.15, -0.1) is 11.6 Å². The number of alkyl halides is 1. The standard InChI is InChI=1S/C15H24ClN3O/c1-10(2)20-14-9-11(3)17-15(18-14)19(4)13-8-6-5-7-12(13)16/h9-10,12-13H,5-8H2,1-4H3. The Labute approximate surface area is 126 Å². The Balaban J connectivity index is 2.20. The average molecular weight is 298 g/mol. The van der Waals surface area contributed by atoms with Gasteiger partial charge in [-0.3, -0.25) is 0 Å². The van der Waals surface area contributed by atoms with Crippen LogP contribution in [0, 0.1) is 6.92 Å². The van der Waals surface area contributed by atoms with Crippen LogP contribution in [0.3, 0.4) is 0 Å². The molecule has 1 fully saturated rings. The van der Waals surface area contributed by atoms with Crippen LogP contribution in [0.5, 0.6) is 5.88 Å². The predicted octanol–water partition coefficient (Wildman–Crippen LogP) is 3.56. The molecule has 0 aliphatic heterocycles. The molecule has 0 radical (unpaired) electrons. The molecule has 0 spiro atoms. The Morgan fingerprint density at radius 2 is 2.00 bits per heavy atom. The van der Waals surface area contributed by atoms with E-state index in [-0.39, 0.29) is 11.5 Å². The van der Waals surface area contributed by atoms with Gasteiger partial charge in [0.2, 0.25) is 11.8 Å². The van der Waals surface area contributed by atoms with Crippen molar-refractivity contribution < 1.29 is 4.74 Å². The van der Waals surface area contributed by atoms with Crippen molar-refractivity contribution in [3.63, 3.8) is 0 Å². The molecule has 0 N–H and O–H groups in total. The van der Waals surface area contributed by atoms with Crippen LogP contribution in [0.1, 0.15) is 45.2 Å². The Kier molecular flexibility index (Phi) is 5.08.